The number of benzene rings is 1. The number of methoxy groups -OCH3 is 1. The third kappa shape index (κ3) is 4.64. The Morgan fingerprint density at radius 3 is 2.65 bits per heavy atom. The van der Waals surface area contributed by atoms with Gasteiger partial charge in [0.25, 0.3) is 5.91 Å². The van der Waals surface area contributed by atoms with Gasteiger partial charge in [0.05, 0.1) is 38.2 Å². The summed E-state index contributed by atoms with van der Waals surface area (Å²) in [6, 6.07) is 10.7. The molecule has 1 aromatic carbocycles. The molecule has 0 saturated carbocycles. The van der Waals surface area contributed by atoms with Crippen molar-refractivity contribution in [1.82, 2.24) is 19.4 Å². The fraction of sp³-hybridized carbons (Fsp3) is 0.300. The smallest absolute Gasteiger partial charge is 0.263 e. The molecule has 0 spiro atoms. The molecular formula is C20H22N4O5S2. The Labute approximate surface area is 184 Å². The Kier molecular flexibility index (Phi) is 6.37. The number of carbonyl (C=O) groups is 1. The van der Waals surface area contributed by atoms with E-state index < -0.39 is 15.9 Å². The average molecular weight is 463 g/mol. The summed E-state index contributed by atoms with van der Waals surface area (Å²) in [5.41, 5.74) is 1.51. The van der Waals surface area contributed by atoms with Crippen LogP contribution in [0.25, 0.3) is 5.69 Å². The zero-order valence-electron chi connectivity index (χ0n) is 16.9. The van der Waals surface area contributed by atoms with E-state index in [1.54, 1.807) is 29.4 Å². The van der Waals surface area contributed by atoms with E-state index in [0.717, 1.165) is 22.8 Å². The van der Waals surface area contributed by atoms with Crippen molar-refractivity contribution < 1.29 is 22.7 Å². The van der Waals surface area contributed by atoms with Crippen molar-refractivity contribution in [3.05, 3.63) is 58.5 Å². The van der Waals surface area contributed by atoms with Crippen molar-refractivity contribution >= 4 is 27.3 Å². The second-order valence-electron chi connectivity index (χ2n) is 6.76. The molecule has 0 aliphatic carbocycles. The van der Waals surface area contributed by atoms with Gasteiger partial charge in [-0.1, -0.05) is 0 Å². The first-order valence-electron chi connectivity index (χ1n) is 9.61. The number of ether oxygens (including phenoxy) is 2. The highest BCUT2D eigenvalue weighted by Gasteiger charge is 2.31. The molecule has 4 rings (SSSR count). The van der Waals surface area contributed by atoms with Gasteiger partial charge in [-0.15, -0.1) is 11.3 Å². The highest BCUT2D eigenvalue weighted by Crippen LogP contribution is 2.26. The van der Waals surface area contributed by atoms with Gasteiger partial charge >= 0.3 is 0 Å². The van der Waals surface area contributed by atoms with Crippen LogP contribution < -0.4 is 10.1 Å². The minimum absolute atomic E-state index is 0.0284. The molecule has 1 aliphatic heterocycles. The highest BCUT2D eigenvalue weighted by molar-refractivity contribution is 7.89. The number of hydrogen-bond donors (Lipinski definition) is 1. The van der Waals surface area contributed by atoms with Crippen LogP contribution in [0.1, 0.15) is 15.4 Å². The van der Waals surface area contributed by atoms with Gasteiger partial charge in [-0.3, -0.25) is 4.79 Å². The molecule has 31 heavy (non-hydrogen) atoms. The number of morpholine rings is 1. The van der Waals surface area contributed by atoms with Crippen LogP contribution in [0.2, 0.25) is 0 Å². The van der Waals surface area contributed by atoms with Crippen molar-refractivity contribution in [3.63, 3.8) is 0 Å². The maximum absolute atomic E-state index is 12.9. The number of amides is 1. The van der Waals surface area contributed by atoms with Crippen LogP contribution in [0.3, 0.4) is 0 Å². The topological polar surface area (TPSA) is 103 Å². The summed E-state index contributed by atoms with van der Waals surface area (Å²) >= 11 is 1.10. The van der Waals surface area contributed by atoms with Gasteiger partial charge in [0.1, 0.15) is 15.5 Å². The Morgan fingerprint density at radius 2 is 1.94 bits per heavy atom. The van der Waals surface area contributed by atoms with E-state index in [1.165, 1.54) is 10.4 Å². The zero-order valence-corrected chi connectivity index (χ0v) is 18.5. The van der Waals surface area contributed by atoms with E-state index in [4.69, 9.17) is 9.47 Å². The summed E-state index contributed by atoms with van der Waals surface area (Å²) in [5.74, 6) is 0.308. The number of sulfonamides is 1. The molecule has 0 radical (unpaired) electrons. The standard InChI is InChI=1S/C20H22N4O5S2/c1-28-17-4-2-16(3-5-17)24-8-6-15(22-24)14-21-20(25)19-18(7-13-30-19)31(26,27)23-9-11-29-12-10-23/h2-8,13H,9-12,14H2,1H3,(H,21,25). The van der Waals surface area contributed by atoms with Crippen LogP contribution in [0, 0.1) is 0 Å². The van der Waals surface area contributed by atoms with Crippen LogP contribution in [0.15, 0.2) is 52.9 Å². The van der Waals surface area contributed by atoms with Crippen LogP contribution in [-0.2, 0) is 21.3 Å². The Hall–Kier alpha value is -2.73. The van der Waals surface area contributed by atoms with E-state index in [1.807, 2.05) is 24.3 Å². The molecule has 0 unspecified atom stereocenters. The third-order valence-corrected chi connectivity index (χ3v) is 7.82. The molecule has 9 nitrogen and oxygen atoms in total. The summed E-state index contributed by atoms with van der Waals surface area (Å²) in [6.07, 6.45) is 1.79. The molecule has 3 aromatic rings. The molecule has 164 valence electrons. The van der Waals surface area contributed by atoms with Gasteiger partial charge < -0.3 is 14.8 Å². The number of nitrogens with one attached hydrogen (secondary N) is 1. The zero-order chi connectivity index (χ0) is 21.8. The van der Waals surface area contributed by atoms with Crippen LogP contribution >= 0.6 is 11.3 Å². The third-order valence-electron chi connectivity index (χ3n) is 4.83. The van der Waals surface area contributed by atoms with Gasteiger partial charge in [-0.2, -0.15) is 9.40 Å². The molecule has 1 N–H and O–H groups in total. The van der Waals surface area contributed by atoms with Crippen molar-refractivity contribution in [3.8, 4) is 11.4 Å². The van der Waals surface area contributed by atoms with E-state index in [-0.39, 0.29) is 29.4 Å². The first kappa shape index (κ1) is 21.5. The highest BCUT2D eigenvalue weighted by atomic mass is 32.2. The largest absolute Gasteiger partial charge is 0.497 e. The first-order valence-corrected chi connectivity index (χ1v) is 11.9. The lowest BCUT2D eigenvalue weighted by Crippen LogP contribution is -2.41. The summed E-state index contributed by atoms with van der Waals surface area (Å²) in [4.78, 5) is 12.9. The Bertz CT molecular complexity index is 1150. The summed E-state index contributed by atoms with van der Waals surface area (Å²) in [5, 5.41) is 8.84. The molecule has 3 heterocycles. The summed E-state index contributed by atoms with van der Waals surface area (Å²) in [6.45, 7) is 1.44. The van der Waals surface area contributed by atoms with E-state index in [0.29, 0.717) is 18.9 Å². The predicted molar refractivity (Wildman–Crippen MR) is 115 cm³/mol. The number of nitrogens with zero attached hydrogens (tertiary/aromatic N) is 3. The van der Waals surface area contributed by atoms with Gasteiger partial charge in [0.2, 0.25) is 10.0 Å². The van der Waals surface area contributed by atoms with Crippen molar-refractivity contribution in [2.45, 2.75) is 11.4 Å². The number of aromatic nitrogens is 2. The quantitative estimate of drug-likeness (QED) is 0.575. The molecule has 0 bridgehead atoms. The van der Waals surface area contributed by atoms with Crippen molar-refractivity contribution in [1.29, 1.82) is 0 Å². The fourth-order valence-corrected chi connectivity index (χ4v) is 5.90. The molecule has 2 aromatic heterocycles. The Morgan fingerprint density at radius 1 is 1.19 bits per heavy atom. The molecule has 1 amide bonds. The second-order valence-corrected chi connectivity index (χ2v) is 9.59. The molecule has 11 heteroatoms. The second kappa shape index (κ2) is 9.18. The Balaban J connectivity index is 1.43. The first-order chi connectivity index (χ1) is 15.0. The summed E-state index contributed by atoms with van der Waals surface area (Å²) < 4.78 is 39.3. The van der Waals surface area contributed by atoms with Crippen LogP contribution in [0.5, 0.6) is 5.75 Å². The maximum atomic E-state index is 12.9. The van der Waals surface area contributed by atoms with Gasteiger partial charge in [0, 0.05) is 19.3 Å². The van der Waals surface area contributed by atoms with Crippen LogP contribution in [0.4, 0.5) is 0 Å². The molecule has 1 aliphatic rings. The average Bonchev–Trinajstić information content (AvgIpc) is 3.48. The lowest BCUT2D eigenvalue weighted by atomic mass is 10.3. The minimum Gasteiger partial charge on any atom is -0.497 e. The number of hydrogen-bond acceptors (Lipinski definition) is 7. The number of thiophene rings is 1. The molecule has 1 saturated heterocycles. The van der Waals surface area contributed by atoms with E-state index in [2.05, 4.69) is 10.4 Å². The van der Waals surface area contributed by atoms with Gasteiger partial charge in [-0.05, 0) is 41.8 Å². The lowest BCUT2D eigenvalue weighted by molar-refractivity contribution is 0.0730. The SMILES string of the molecule is COc1ccc(-n2ccc(CNC(=O)c3sccc3S(=O)(=O)N3CCOCC3)n2)cc1. The minimum atomic E-state index is -3.74. The summed E-state index contributed by atoms with van der Waals surface area (Å²) in [7, 11) is -2.14. The van der Waals surface area contributed by atoms with E-state index in [9.17, 15) is 13.2 Å². The van der Waals surface area contributed by atoms with Gasteiger partial charge in [0.15, 0.2) is 0 Å². The van der Waals surface area contributed by atoms with Crippen LogP contribution in [-0.4, -0.2) is 61.8 Å². The van der Waals surface area contributed by atoms with Gasteiger partial charge in [-0.25, -0.2) is 13.1 Å². The van der Waals surface area contributed by atoms with Crippen molar-refractivity contribution in [2.24, 2.45) is 0 Å². The molecule has 0 atom stereocenters. The molecular weight excluding hydrogens is 440 g/mol. The predicted octanol–water partition coefficient (Wildman–Crippen LogP) is 1.89. The number of rotatable bonds is 7. The maximum Gasteiger partial charge on any atom is 0.263 e. The lowest BCUT2D eigenvalue weighted by Gasteiger charge is -2.26. The fourth-order valence-electron chi connectivity index (χ4n) is 3.18. The van der Waals surface area contributed by atoms with Crippen molar-refractivity contribution in [2.75, 3.05) is 33.4 Å². The normalized spacial score (nSPS) is 15.0. The molecule has 1 fully saturated rings. The van der Waals surface area contributed by atoms with E-state index >= 15 is 0 Å². The monoisotopic (exact) mass is 462 g/mol. The number of carbonyl (C=O) groups excluding carboxylic acids is 1.